The molecule has 0 aliphatic carbocycles. The summed E-state index contributed by atoms with van der Waals surface area (Å²) in [5, 5.41) is 7.21. The summed E-state index contributed by atoms with van der Waals surface area (Å²) in [7, 11) is 0. The van der Waals surface area contributed by atoms with Gasteiger partial charge in [-0.15, -0.1) is 0 Å². The van der Waals surface area contributed by atoms with Crippen LogP contribution in [0.25, 0.3) is 0 Å². The van der Waals surface area contributed by atoms with E-state index in [1.807, 2.05) is 0 Å². The van der Waals surface area contributed by atoms with Gasteiger partial charge in [0.05, 0.1) is 0 Å². The maximum absolute atomic E-state index is 7.21. The van der Waals surface area contributed by atoms with Crippen LogP contribution in [0.5, 0.6) is 0 Å². The van der Waals surface area contributed by atoms with Gasteiger partial charge in [0.25, 0.3) is 0 Å². The average molecular weight is 176 g/mol. The molecular weight excluding hydrogens is 169 g/mol. The standard InChI is InChI=1S/CN.Fe.K.3H2O.H/c1-2;;;;;;/h;;;3*1H2;. The second-order valence-corrected chi connectivity index (χ2v) is 0.326. The molecule has 0 aromatic rings. The van der Waals surface area contributed by atoms with Crippen LogP contribution in [0.15, 0.2) is 0 Å². The van der Waals surface area contributed by atoms with Gasteiger partial charge in [-0.05, 0) is 0 Å². The molecule has 0 aliphatic rings. The summed E-state index contributed by atoms with van der Waals surface area (Å²) < 4.78 is 0. The second-order valence-electron chi connectivity index (χ2n) is 0.0791. The van der Waals surface area contributed by atoms with Crippen molar-refractivity contribution in [3.8, 4) is 4.97 Å². The summed E-state index contributed by atoms with van der Waals surface area (Å²) in [6.07, 6.45) is 0. The maximum atomic E-state index is 7.21. The Hall–Kier alpha value is 1.53. The van der Waals surface area contributed by atoms with Crippen LogP contribution in [-0.2, 0) is 16.0 Å². The van der Waals surface area contributed by atoms with Gasteiger partial charge >= 0.3 is 77.6 Å². The van der Waals surface area contributed by atoms with Crippen LogP contribution in [-0.4, -0.2) is 67.8 Å². The number of hydrogen-bond donors (Lipinski definition) is 0. The fourth-order valence-corrected chi connectivity index (χ4v) is 0. The van der Waals surface area contributed by atoms with Crippen LogP contribution in [0.2, 0.25) is 0 Å². The number of nitrogens with zero attached hydrogens (tertiary/aromatic N) is 1. The third-order valence-corrected chi connectivity index (χ3v) is 0. The molecule has 0 aromatic carbocycles. The molecular formula is CH7FeKNO3. The first kappa shape index (κ1) is 38.8. The second kappa shape index (κ2) is 50.2. The molecule has 0 amide bonds. The van der Waals surface area contributed by atoms with Crippen molar-refractivity contribution < 1.29 is 32.4 Å². The first-order valence-corrected chi connectivity index (χ1v) is 0.952. The Kier molecular flexibility index (Phi) is 279. The van der Waals surface area contributed by atoms with Crippen LogP contribution in [0.3, 0.4) is 0 Å². The molecule has 4 nitrogen and oxygen atoms in total. The van der Waals surface area contributed by atoms with E-state index < -0.39 is 0 Å². The molecule has 0 radical (unpaired) electrons. The van der Waals surface area contributed by atoms with E-state index in [9.17, 15) is 0 Å². The van der Waals surface area contributed by atoms with E-state index in [-0.39, 0.29) is 67.8 Å². The molecule has 0 aliphatic heterocycles. The van der Waals surface area contributed by atoms with Gasteiger partial charge in [-0.2, -0.15) is 0 Å². The third kappa shape index (κ3) is 98.7. The van der Waals surface area contributed by atoms with Gasteiger partial charge in [0.2, 0.25) is 0 Å². The predicted molar refractivity (Wildman–Crippen MR) is 23.6 cm³/mol. The van der Waals surface area contributed by atoms with E-state index in [0.717, 1.165) is 0 Å². The normalized spacial score (nSPS) is 1.14. The molecule has 0 atom stereocenters. The minimum atomic E-state index is 0. The summed E-state index contributed by atoms with van der Waals surface area (Å²) in [4.78, 5) is 1.50. The van der Waals surface area contributed by atoms with E-state index >= 15 is 0 Å². The molecule has 0 heterocycles. The first-order chi connectivity index (χ1) is 1.41. The van der Waals surface area contributed by atoms with Crippen LogP contribution < -0.4 is 0 Å². The topological polar surface area (TPSA) is 118 Å². The fourth-order valence-electron chi connectivity index (χ4n) is 0. The molecule has 0 aromatic heterocycles. The van der Waals surface area contributed by atoms with E-state index in [0.29, 0.717) is 0 Å². The van der Waals surface area contributed by atoms with E-state index in [2.05, 4.69) is 16.0 Å². The summed E-state index contributed by atoms with van der Waals surface area (Å²) in [5.74, 6) is 0. The van der Waals surface area contributed by atoms with E-state index in [1.165, 1.54) is 4.97 Å². The Morgan fingerprint density at radius 2 is 1.14 bits per heavy atom. The molecule has 0 unspecified atom stereocenters. The fraction of sp³-hybridized carbons (Fsp3) is 0. The molecule has 0 fully saturated rings. The van der Waals surface area contributed by atoms with Crippen molar-refractivity contribution in [2.24, 2.45) is 0 Å². The van der Waals surface area contributed by atoms with Crippen molar-refractivity contribution in [1.82, 2.24) is 0 Å². The van der Waals surface area contributed by atoms with E-state index in [4.69, 9.17) is 5.26 Å². The van der Waals surface area contributed by atoms with E-state index in [1.54, 1.807) is 0 Å². The van der Waals surface area contributed by atoms with Crippen molar-refractivity contribution in [1.29, 1.82) is 5.26 Å². The Morgan fingerprint density at radius 3 is 1.14 bits per heavy atom. The summed E-state index contributed by atoms with van der Waals surface area (Å²) >= 11 is 2.79. The minimum absolute atomic E-state index is 0. The van der Waals surface area contributed by atoms with Gasteiger partial charge in [0.1, 0.15) is 0 Å². The number of nitriles is 1. The van der Waals surface area contributed by atoms with Gasteiger partial charge < -0.3 is 16.4 Å². The molecule has 0 rings (SSSR count). The Morgan fingerprint density at radius 1 is 1.14 bits per heavy atom. The molecule has 0 saturated carbocycles. The van der Waals surface area contributed by atoms with Crippen molar-refractivity contribution in [3.63, 3.8) is 0 Å². The van der Waals surface area contributed by atoms with Crippen molar-refractivity contribution in [2.75, 3.05) is 0 Å². The van der Waals surface area contributed by atoms with Crippen molar-refractivity contribution in [3.05, 3.63) is 0 Å². The van der Waals surface area contributed by atoms with Gasteiger partial charge in [-0.3, -0.25) is 0 Å². The monoisotopic (exact) mass is 176 g/mol. The molecule has 0 saturated heterocycles. The predicted octanol–water partition coefficient (Wildman–Crippen LogP) is -3.11. The zero-order valence-corrected chi connectivity index (χ0v) is 3.90. The van der Waals surface area contributed by atoms with Gasteiger partial charge in [0, 0.05) is 0 Å². The Bertz CT molecular complexity index is 36.4. The average Bonchev–Trinajstić information content (AvgIpc) is 0.918. The quantitative estimate of drug-likeness (QED) is 0.356. The molecule has 0 spiro atoms. The summed E-state index contributed by atoms with van der Waals surface area (Å²) in [5.41, 5.74) is 0. The molecule has 43 valence electrons. The van der Waals surface area contributed by atoms with Crippen LogP contribution in [0, 0.1) is 10.2 Å². The summed E-state index contributed by atoms with van der Waals surface area (Å²) in [6.45, 7) is 0. The van der Waals surface area contributed by atoms with Crippen molar-refractivity contribution >= 4 is 51.4 Å². The van der Waals surface area contributed by atoms with Crippen LogP contribution in [0.4, 0.5) is 0 Å². The third-order valence-electron chi connectivity index (χ3n) is 0. The molecule has 6 heteroatoms. The van der Waals surface area contributed by atoms with Gasteiger partial charge in [-0.1, -0.05) is 0 Å². The SMILES string of the molecule is N#[C][Fe].O.O.O.[KH]. The molecule has 6 N–H and O–H groups in total. The van der Waals surface area contributed by atoms with Gasteiger partial charge in [0.15, 0.2) is 0 Å². The Labute approximate surface area is 92.4 Å². The number of rotatable bonds is 0. The number of hydrogen-bond acceptors (Lipinski definition) is 1. The first-order valence-electron chi connectivity index (χ1n) is 0.400. The van der Waals surface area contributed by atoms with Crippen LogP contribution >= 0.6 is 0 Å². The zero-order chi connectivity index (χ0) is 2.71. The summed E-state index contributed by atoms with van der Waals surface area (Å²) in [6, 6.07) is 0. The molecule has 0 bridgehead atoms. The van der Waals surface area contributed by atoms with Crippen LogP contribution in [0.1, 0.15) is 0 Å². The van der Waals surface area contributed by atoms with Gasteiger partial charge in [-0.25, -0.2) is 0 Å². The zero-order valence-electron chi connectivity index (χ0n) is 2.80. The Balaban J connectivity index is -0.00000000333. The molecule has 7 heavy (non-hydrogen) atoms. The van der Waals surface area contributed by atoms with Crippen molar-refractivity contribution in [2.45, 2.75) is 0 Å².